The lowest BCUT2D eigenvalue weighted by Gasteiger charge is -2.38. The van der Waals surface area contributed by atoms with Crippen molar-refractivity contribution in [2.24, 2.45) is 5.92 Å². The van der Waals surface area contributed by atoms with Crippen LogP contribution < -0.4 is 5.32 Å². The fourth-order valence-corrected chi connectivity index (χ4v) is 4.14. The van der Waals surface area contributed by atoms with E-state index in [-0.39, 0.29) is 16.7 Å². The minimum Gasteiger partial charge on any atom is -0.377 e. The Labute approximate surface area is 141 Å². The zero-order chi connectivity index (χ0) is 16.8. The highest BCUT2D eigenvalue weighted by Gasteiger charge is 2.40. The lowest BCUT2D eigenvalue weighted by molar-refractivity contribution is -0.385. The Morgan fingerprint density at radius 3 is 2.71 bits per heavy atom. The maximum Gasteiger partial charge on any atom is 0.274 e. The van der Waals surface area contributed by atoms with Gasteiger partial charge in [0.15, 0.2) is 0 Å². The van der Waals surface area contributed by atoms with Crippen LogP contribution in [0.25, 0.3) is 0 Å². The summed E-state index contributed by atoms with van der Waals surface area (Å²) in [4.78, 5) is 11.2. The number of allylic oxidation sites excluding steroid dienone is 2. The summed E-state index contributed by atoms with van der Waals surface area (Å²) < 4.78 is 0. The average Bonchev–Trinajstić information content (AvgIpc) is 3.07. The molecule has 2 aliphatic rings. The van der Waals surface area contributed by atoms with Gasteiger partial charge >= 0.3 is 0 Å². The average molecular weight is 320 g/mol. The minimum absolute atomic E-state index is 0.0420. The summed E-state index contributed by atoms with van der Waals surface area (Å²) in [5, 5.41) is 15.1. The van der Waals surface area contributed by atoms with Crippen molar-refractivity contribution in [2.75, 3.05) is 5.32 Å². The first-order valence-corrected chi connectivity index (χ1v) is 8.34. The van der Waals surface area contributed by atoms with E-state index in [1.165, 1.54) is 16.7 Å². The van der Waals surface area contributed by atoms with Gasteiger partial charge in [-0.05, 0) is 42.9 Å². The molecule has 1 aliphatic heterocycles. The number of nitrogens with zero attached hydrogens (tertiary/aromatic N) is 1. The number of nitro groups is 1. The standard InChI is InChI=1S/C20H20N2O2/c1-12-10-11-16-14-7-5-8-15(14)20(21-19(16)13(12)2)17-6-3-4-9-18(17)22(23)24/h3-7,9-11,14-15,20-21H,8H2,1-2H3/t14-,15-,20-/m0/s1. The Morgan fingerprint density at radius 2 is 1.92 bits per heavy atom. The number of rotatable bonds is 2. The first-order chi connectivity index (χ1) is 11.6. The van der Waals surface area contributed by atoms with Crippen molar-refractivity contribution < 1.29 is 4.92 Å². The molecule has 0 spiro atoms. The van der Waals surface area contributed by atoms with Gasteiger partial charge < -0.3 is 5.32 Å². The number of fused-ring (bicyclic) bond motifs is 3. The van der Waals surface area contributed by atoms with Gasteiger partial charge in [0.25, 0.3) is 5.69 Å². The van der Waals surface area contributed by atoms with Gasteiger partial charge in [0, 0.05) is 17.7 Å². The van der Waals surface area contributed by atoms with Gasteiger partial charge in [-0.15, -0.1) is 0 Å². The molecule has 1 N–H and O–H groups in total. The zero-order valence-corrected chi connectivity index (χ0v) is 13.8. The second kappa shape index (κ2) is 5.48. The van der Waals surface area contributed by atoms with Gasteiger partial charge in [0.05, 0.1) is 16.5 Å². The Kier molecular flexibility index (Phi) is 3.41. The Balaban J connectivity index is 1.87. The van der Waals surface area contributed by atoms with Crippen molar-refractivity contribution in [3.8, 4) is 0 Å². The van der Waals surface area contributed by atoms with E-state index in [4.69, 9.17) is 0 Å². The Morgan fingerprint density at radius 1 is 1.12 bits per heavy atom. The molecule has 3 atom stereocenters. The highest BCUT2D eigenvalue weighted by molar-refractivity contribution is 5.66. The van der Waals surface area contributed by atoms with Crippen LogP contribution in [0.4, 0.5) is 11.4 Å². The second-order valence-corrected chi connectivity index (χ2v) is 6.76. The number of hydrogen-bond acceptors (Lipinski definition) is 3. The fraction of sp³-hybridized carbons (Fsp3) is 0.300. The molecule has 0 saturated carbocycles. The van der Waals surface area contributed by atoms with Crippen LogP contribution in [0.2, 0.25) is 0 Å². The molecular weight excluding hydrogens is 300 g/mol. The molecule has 0 saturated heterocycles. The van der Waals surface area contributed by atoms with Crippen LogP contribution in [0.5, 0.6) is 0 Å². The van der Waals surface area contributed by atoms with E-state index in [2.05, 4.69) is 43.4 Å². The monoisotopic (exact) mass is 320 g/mol. The molecule has 0 bridgehead atoms. The van der Waals surface area contributed by atoms with Crippen LogP contribution >= 0.6 is 0 Å². The molecule has 4 nitrogen and oxygen atoms in total. The summed E-state index contributed by atoms with van der Waals surface area (Å²) in [5.74, 6) is 0.645. The van der Waals surface area contributed by atoms with Crippen LogP contribution in [-0.2, 0) is 0 Å². The van der Waals surface area contributed by atoms with Gasteiger partial charge in [0.1, 0.15) is 0 Å². The number of benzene rings is 2. The number of anilines is 1. The summed E-state index contributed by atoms with van der Waals surface area (Å²) in [6.45, 7) is 4.23. The first-order valence-electron chi connectivity index (χ1n) is 8.34. The largest absolute Gasteiger partial charge is 0.377 e. The predicted octanol–water partition coefficient (Wildman–Crippen LogP) is 5.04. The lowest BCUT2D eigenvalue weighted by Crippen LogP contribution is -2.30. The van der Waals surface area contributed by atoms with E-state index in [0.29, 0.717) is 11.8 Å². The van der Waals surface area contributed by atoms with E-state index in [1.807, 2.05) is 12.1 Å². The summed E-state index contributed by atoms with van der Waals surface area (Å²) >= 11 is 0. The molecule has 0 amide bonds. The predicted molar refractivity (Wildman–Crippen MR) is 95.4 cm³/mol. The van der Waals surface area contributed by atoms with E-state index >= 15 is 0 Å². The molecule has 2 aromatic rings. The SMILES string of the molecule is Cc1ccc2c(c1C)N[C@H](c1ccccc1[N+](=O)[O-])[C@H]1CC=C[C@H]21. The van der Waals surface area contributed by atoms with Gasteiger partial charge in [-0.25, -0.2) is 0 Å². The van der Waals surface area contributed by atoms with E-state index in [1.54, 1.807) is 12.1 Å². The summed E-state index contributed by atoms with van der Waals surface area (Å²) in [6.07, 6.45) is 5.42. The van der Waals surface area contributed by atoms with Crippen LogP contribution in [0, 0.1) is 29.9 Å². The molecule has 0 fully saturated rings. The number of hydrogen-bond donors (Lipinski definition) is 1. The van der Waals surface area contributed by atoms with Gasteiger partial charge in [0.2, 0.25) is 0 Å². The maximum absolute atomic E-state index is 11.5. The molecule has 4 rings (SSSR count). The van der Waals surface area contributed by atoms with Crippen molar-refractivity contribution in [3.05, 3.63) is 80.9 Å². The first kappa shape index (κ1) is 14.9. The lowest BCUT2D eigenvalue weighted by atomic mass is 9.75. The maximum atomic E-state index is 11.5. The molecule has 2 aromatic carbocycles. The molecule has 1 heterocycles. The summed E-state index contributed by atoms with van der Waals surface area (Å²) in [5.41, 5.74) is 5.91. The Hall–Kier alpha value is -2.62. The molecule has 0 unspecified atom stereocenters. The van der Waals surface area contributed by atoms with Crippen molar-refractivity contribution in [1.82, 2.24) is 0 Å². The molecular formula is C20H20N2O2. The fourth-order valence-electron chi connectivity index (χ4n) is 4.14. The van der Waals surface area contributed by atoms with Crippen molar-refractivity contribution in [3.63, 3.8) is 0 Å². The highest BCUT2D eigenvalue weighted by atomic mass is 16.6. The topological polar surface area (TPSA) is 55.2 Å². The van der Waals surface area contributed by atoms with Crippen LogP contribution in [0.1, 0.15) is 40.6 Å². The molecule has 4 heteroatoms. The van der Waals surface area contributed by atoms with E-state index in [0.717, 1.165) is 17.7 Å². The summed E-state index contributed by atoms with van der Waals surface area (Å²) in [6, 6.07) is 11.4. The zero-order valence-electron chi connectivity index (χ0n) is 13.8. The van der Waals surface area contributed by atoms with Crippen molar-refractivity contribution in [2.45, 2.75) is 32.2 Å². The van der Waals surface area contributed by atoms with Gasteiger partial charge in [-0.2, -0.15) is 0 Å². The smallest absolute Gasteiger partial charge is 0.274 e. The molecule has 0 radical (unpaired) electrons. The van der Waals surface area contributed by atoms with E-state index in [9.17, 15) is 10.1 Å². The van der Waals surface area contributed by atoms with Crippen LogP contribution in [0.3, 0.4) is 0 Å². The quantitative estimate of drug-likeness (QED) is 0.479. The number of para-hydroxylation sites is 1. The number of aryl methyl sites for hydroxylation is 1. The third-order valence-corrected chi connectivity index (χ3v) is 5.54. The highest BCUT2D eigenvalue weighted by Crippen LogP contribution is 2.52. The van der Waals surface area contributed by atoms with Crippen LogP contribution in [-0.4, -0.2) is 4.92 Å². The van der Waals surface area contributed by atoms with E-state index < -0.39 is 0 Å². The van der Waals surface area contributed by atoms with Crippen molar-refractivity contribution in [1.29, 1.82) is 0 Å². The van der Waals surface area contributed by atoms with Gasteiger partial charge in [-0.3, -0.25) is 10.1 Å². The minimum atomic E-state index is -0.271. The molecule has 122 valence electrons. The van der Waals surface area contributed by atoms with Crippen LogP contribution in [0.15, 0.2) is 48.6 Å². The Bertz CT molecular complexity index is 857. The number of nitrogens with one attached hydrogen (secondary N) is 1. The second-order valence-electron chi connectivity index (χ2n) is 6.76. The summed E-state index contributed by atoms with van der Waals surface area (Å²) in [7, 11) is 0. The van der Waals surface area contributed by atoms with Gasteiger partial charge in [-0.1, -0.05) is 42.5 Å². The molecule has 24 heavy (non-hydrogen) atoms. The normalized spacial score (nSPS) is 24.2. The third-order valence-electron chi connectivity index (χ3n) is 5.54. The molecule has 1 aliphatic carbocycles. The molecule has 0 aromatic heterocycles. The third kappa shape index (κ3) is 2.13. The number of nitro benzene ring substituents is 1. The van der Waals surface area contributed by atoms with Crippen molar-refractivity contribution >= 4 is 11.4 Å².